The Kier molecular flexibility index (Phi) is 4.40. The third-order valence-corrected chi connectivity index (χ3v) is 3.36. The largest absolute Gasteiger partial charge is 0.494 e. The Bertz CT molecular complexity index is 354. The van der Waals surface area contributed by atoms with E-state index < -0.39 is 0 Å². The van der Waals surface area contributed by atoms with Crippen LogP contribution in [-0.4, -0.2) is 35.8 Å². The molecule has 1 saturated heterocycles. The second-order valence-corrected chi connectivity index (χ2v) is 4.49. The number of aliphatic hydroxyl groups is 1. The highest BCUT2D eigenvalue weighted by Gasteiger charge is 2.24. The van der Waals surface area contributed by atoms with E-state index in [1.165, 1.54) is 12.0 Å². The molecule has 0 amide bonds. The third-order valence-electron chi connectivity index (χ3n) is 3.36. The van der Waals surface area contributed by atoms with Gasteiger partial charge in [-0.15, -0.1) is 0 Å². The average molecular weight is 235 g/mol. The lowest BCUT2D eigenvalue weighted by Gasteiger charge is -2.23. The SMILES string of the molecule is CCOc1ccccc1CN1CCCC1CO. The second-order valence-electron chi connectivity index (χ2n) is 4.49. The van der Waals surface area contributed by atoms with Gasteiger partial charge >= 0.3 is 0 Å². The minimum absolute atomic E-state index is 0.261. The number of nitrogens with zero attached hydrogens (tertiary/aromatic N) is 1. The molecule has 3 heteroatoms. The maximum Gasteiger partial charge on any atom is 0.123 e. The van der Waals surface area contributed by atoms with Crippen molar-refractivity contribution in [1.82, 2.24) is 4.90 Å². The van der Waals surface area contributed by atoms with Crippen molar-refractivity contribution in [1.29, 1.82) is 0 Å². The summed E-state index contributed by atoms with van der Waals surface area (Å²) in [6, 6.07) is 8.49. The number of para-hydroxylation sites is 1. The van der Waals surface area contributed by atoms with Crippen LogP contribution in [0.25, 0.3) is 0 Å². The van der Waals surface area contributed by atoms with Crippen molar-refractivity contribution in [3.05, 3.63) is 29.8 Å². The molecule has 0 aliphatic carbocycles. The molecular weight excluding hydrogens is 214 g/mol. The zero-order valence-corrected chi connectivity index (χ0v) is 10.4. The standard InChI is InChI=1S/C14H21NO2/c1-2-17-14-8-4-3-6-12(14)10-15-9-5-7-13(15)11-16/h3-4,6,8,13,16H,2,5,7,9-11H2,1H3. The highest BCUT2D eigenvalue weighted by atomic mass is 16.5. The van der Waals surface area contributed by atoms with Crippen molar-refractivity contribution in [2.24, 2.45) is 0 Å². The lowest BCUT2D eigenvalue weighted by atomic mass is 10.1. The molecule has 0 aromatic heterocycles. The van der Waals surface area contributed by atoms with E-state index in [1.54, 1.807) is 0 Å². The monoisotopic (exact) mass is 235 g/mol. The molecule has 0 radical (unpaired) electrons. The first kappa shape index (κ1) is 12.4. The average Bonchev–Trinajstić information content (AvgIpc) is 2.79. The van der Waals surface area contributed by atoms with Crippen LogP contribution in [0.5, 0.6) is 5.75 Å². The fourth-order valence-electron chi connectivity index (χ4n) is 2.46. The Morgan fingerprint density at radius 2 is 2.24 bits per heavy atom. The summed E-state index contributed by atoms with van der Waals surface area (Å²) in [7, 11) is 0. The van der Waals surface area contributed by atoms with E-state index in [0.29, 0.717) is 12.6 Å². The van der Waals surface area contributed by atoms with Gasteiger partial charge in [0.05, 0.1) is 13.2 Å². The minimum Gasteiger partial charge on any atom is -0.494 e. The molecule has 94 valence electrons. The summed E-state index contributed by atoms with van der Waals surface area (Å²) >= 11 is 0. The normalized spacial score (nSPS) is 20.7. The van der Waals surface area contributed by atoms with Gasteiger partial charge in [0.2, 0.25) is 0 Å². The van der Waals surface area contributed by atoms with E-state index >= 15 is 0 Å². The topological polar surface area (TPSA) is 32.7 Å². The summed E-state index contributed by atoms with van der Waals surface area (Å²) in [4.78, 5) is 2.35. The molecule has 0 spiro atoms. The number of aliphatic hydroxyl groups excluding tert-OH is 1. The van der Waals surface area contributed by atoms with E-state index in [-0.39, 0.29) is 6.61 Å². The number of hydrogen-bond acceptors (Lipinski definition) is 3. The molecule has 0 saturated carbocycles. The summed E-state index contributed by atoms with van der Waals surface area (Å²) < 4.78 is 5.63. The molecule has 1 aromatic rings. The van der Waals surface area contributed by atoms with Crippen molar-refractivity contribution < 1.29 is 9.84 Å². The Labute approximate surface area is 103 Å². The fraction of sp³-hybridized carbons (Fsp3) is 0.571. The van der Waals surface area contributed by atoms with E-state index in [0.717, 1.165) is 25.3 Å². The molecule has 1 N–H and O–H groups in total. The first-order chi connectivity index (χ1) is 8.35. The molecule has 1 unspecified atom stereocenters. The van der Waals surface area contributed by atoms with Crippen LogP contribution in [0, 0.1) is 0 Å². The molecule has 1 heterocycles. The van der Waals surface area contributed by atoms with Gasteiger partial charge in [-0.3, -0.25) is 4.90 Å². The molecule has 2 rings (SSSR count). The molecule has 1 aliphatic heterocycles. The summed E-state index contributed by atoms with van der Waals surface area (Å²) in [6.07, 6.45) is 2.29. The van der Waals surface area contributed by atoms with Crippen molar-refractivity contribution in [3.63, 3.8) is 0 Å². The Balaban J connectivity index is 2.07. The second kappa shape index (κ2) is 6.03. The maximum absolute atomic E-state index is 9.31. The summed E-state index contributed by atoms with van der Waals surface area (Å²) in [5.74, 6) is 0.971. The van der Waals surface area contributed by atoms with E-state index in [4.69, 9.17) is 4.74 Å². The zero-order chi connectivity index (χ0) is 12.1. The number of ether oxygens (including phenoxy) is 1. The lowest BCUT2D eigenvalue weighted by Crippen LogP contribution is -2.31. The van der Waals surface area contributed by atoms with E-state index in [2.05, 4.69) is 11.0 Å². The van der Waals surface area contributed by atoms with Crippen molar-refractivity contribution in [2.45, 2.75) is 32.4 Å². The Hall–Kier alpha value is -1.06. The molecule has 0 bridgehead atoms. The Morgan fingerprint density at radius 1 is 1.41 bits per heavy atom. The highest BCUT2D eigenvalue weighted by Crippen LogP contribution is 2.24. The molecule has 1 aliphatic rings. The zero-order valence-electron chi connectivity index (χ0n) is 10.4. The van der Waals surface area contributed by atoms with Gasteiger partial charge in [0.15, 0.2) is 0 Å². The van der Waals surface area contributed by atoms with Gasteiger partial charge in [-0.25, -0.2) is 0 Å². The molecule has 1 aromatic carbocycles. The molecule has 3 nitrogen and oxygen atoms in total. The van der Waals surface area contributed by atoms with Gasteiger partial charge in [0.25, 0.3) is 0 Å². The van der Waals surface area contributed by atoms with Gasteiger partial charge in [-0.2, -0.15) is 0 Å². The van der Waals surface area contributed by atoms with Crippen LogP contribution in [0.2, 0.25) is 0 Å². The third kappa shape index (κ3) is 2.99. The minimum atomic E-state index is 0.261. The van der Waals surface area contributed by atoms with Crippen LogP contribution in [0.15, 0.2) is 24.3 Å². The van der Waals surface area contributed by atoms with E-state index in [9.17, 15) is 5.11 Å². The molecule has 1 fully saturated rings. The first-order valence-electron chi connectivity index (χ1n) is 6.40. The van der Waals surface area contributed by atoms with Crippen molar-refractivity contribution >= 4 is 0 Å². The highest BCUT2D eigenvalue weighted by molar-refractivity contribution is 5.33. The van der Waals surface area contributed by atoms with Gasteiger partial charge in [0.1, 0.15) is 5.75 Å². The van der Waals surface area contributed by atoms with Crippen molar-refractivity contribution in [3.8, 4) is 5.75 Å². The summed E-state index contributed by atoms with van der Waals surface area (Å²) in [5.41, 5.74) is 1.22. The maximum atomic E-state index is 9.31. The summed E-state index contributed by atoms with van der Waals surface area (Å²) in [6.45, 7) is 4.91. The number of hydrogen-bond donors (Lipinski definition) is 1. The van der Waals surface area contributed by atoms with Crippen LogP contribution in [-0.2, 0) is 6.54 Å². The quantitative estimate of drug-likeness (QED) is 0.847. The van der Waals surface area contributed by atoms with Gasteiger partial charge in [-0.05, 0) is 32.4 Å². The molecule has 17 heavy (non-hydrogen) atoms. The predicted octanol–water partition coefficient (Wildman–Crippen LogP) is 2.04. The first-order valence-corrected chi connectivity index (χ1v) is 6.40. The van der Waals surface area contributed by atoms with Crippen LogP contribution < -0.4 is 4.74 Å². The Morgan fingerprint density at radius 3 is 3.00 bits per heavy atom. The van der Waals surface area contributed by atoms with Crippen LogP contribution in [0.3, 0.4) is 0 Å². The van der Waals surface area contributed by atoms with E-state index in [1.807, 2.05) is 25.1 Å². The van der Waals surface area contributed by atoms with Crippen LogP contribution >= 0.6 is 0 Å². The number of rotatable bonds is 5. The smallest absolute Gasteiger partial charge is 0.123 e. The fourth-order valence-corrected chi connectivity index (χ4v) is 2.46. The van der Waals surface area contributed by atoms with Crippen LogP contribution in [0.4, 0.5) is 0 Å². The molecule has 1 atom stereocenters. The van der Waals surface area contributed by atoms with Gasteiger partial charge < -0.3 is 9.84 Å². The van der Waals surface area contributed by atoms with Crippen molar-refractivity contribution in [2.75, 3.05) is 19.8 Å². The van der Waals surface area contributed by atoms with Gasteiger partial charge in [-0.1, -0.05) is 18.2 Å². The lowest BCUT2D eigenvalue weighted by molar-refractivity contribution is 0.152. The number of likely N-dealkylation sites (tertiary alicyclic amines) is 1. The summed E-state index contributed by atoms with van der Waals surface area (Å²) in [5, 5.41) is 9.31. The van der Waals surface area contributed by atoms with Gasteiger partial charge in [0, 0.05) is 18.2 Å². The predicted molar refractivity (Wildman–Crippen MR) is 68.1 cm³/mol. The van der Waals surface area contributed by atoms with Crippen LogP contribution in [0.1, 0.15) is 25.3 Å². The molecular formula is C14H21NO2. The number of benzene rings is 1.